The van der Waals surface area contributed by atoms with Gasteiger partial charge in [-0.3, -0.25) is 4.98 Å². The molecule has 0 fully saturated rings. The molecule has 2 heterocycles. The van der Waals surface area contributed by atoms with E-state index in [0.29, 0.717) is 0 Å². The van der Waals surface area contributed by atoms with Crippen molar-refractivity contribution in [2.45, 2.75) is 20.5 Å². The van der Waals surface area contributed by atoms with Crippen molar-refractivity contribution < 1.29 is 5.11 Å². The second-order valence-electron chi connectivity index (χ2n) is 3.56. The number of nitrogens with zero attached hydrogens (tertiary/aromatic N) is 3. The molecule has 0 radical (unpaired) electrons. The summed E-state index contributed by atoms with van der Waals surface area (Å²) >= 11 is 3.48. The van der Waals surface area contributed by atoms with Crippen molar-refractivity contribution in [1.82, 2.24) is 14.8 Å². The summed E-state index contributed by atoms with van der Waals surface area (Å²) in [6.45, 7) is 3.88. The van der Waals surface area contributed by atoms with Gasteiger partial charge >= 0.3 is 0 Å². The van der Waals surface area contributed by atoms with Gasteiger partial charge in [0.25, 0.3) is 0 Å². The van der Waals surface area contributed by atoms with Crippen LogP contribution in [0.2, 0.25) is 0 Å². The van der Waals surface area contributed by atoms with Gasteiger partial charge < -0.3 is 5.11 Å². The fraction of sp³-hybridized carbons (Fsp3) is 0.273. The minimum atomic E-state index is -0.0200. The van der Waals surface area contributed by atoms with Crippen molar-refractivity contribution in [3.05, 3.63) is 39.9 Å². The molecule has 0 spiro atoms. The van der Waals surface area contributed by atoms with Crippen LogP contribution in [-0.4, -0.2) is 19.9 Å². The molecule has 2 aromatic heterocycles. The summed E-state index contributed by atoms with van der Waals surface area (Å²) in [5.41, 5.74) is 3.55. The van der Waals surface area contributed by atoms with Gasteiger partial charge in [0.05, 0.1) is 34.4 Å². The molecule has 0 aliphatic heterocycles. The molecule has 0 saturated carbocycles. The third-order valence-electron chi connectivity index (χ3n) is 2.49. The summed E-state index contributed by atoms with van der Waals surface area (Å²) in [6.07, 6.45) is 3.37. The van der Waals surface area contributed by atoms with Crippen molar-refractivity contribution in [1.29, 1.82) is 0 Å². The van der Waals surface area contributed by atoms with Crippen LogP contribution in [0.25, 0.3) is 5.69 Å². The summed E-state index contributed by atoms with van der Waals surface area (Å²) in [4.78, 5) is 4.06. The van der Waals surface area contributed by atoms with Crippen LogP contribution >= 0.6 is 15.9 Å². The highest BCUT2D eigenvalue weighted by atomic mass is 79.9. The lowest BCUT2D eigenvalue weighted by Gasteiger charge is -2.08. The predicted molar refractivity (Wildman–Crippen MR) is 64.5 cm³/mol. The molecule has 0 saturated heterocycles. The smallest absolute Gasteiger partial charge is 0.0887 e. The summed E-state index contributed by atoms with van der Waals surface area (Å²) in [5.74, 6) is 0. The van der Waals surface area contributed by atoms with E-state index in [1.807, 2.05) is 13.8 Å². The zero-order valence-corrected chi connectivity index (χ0v) is 10.7. The highest BCUT2D eigenvalue weighted by Gasteiger charge is 2.12. The molecule has 0 atom stereocenters. The van der Waals surface area contributed by atoms with Gasteiger partial charge in [0.1, 0.15) is 0 Å². The first-order chi connectivity index (χ1) is 7.65. The molecule has 0 bridgehead atoms. The number of hydrogen-bond donors (Lipinski definition) is 1. The van der Waals surface area contributed by atoms with E-state index in [2.05, 4.69) is 26.0 Å². The molecule has 16 heavy (non-hydrogen) atoms. The number of aliphatic hydroxyl groups is 1. The Kier molecular flexibility index (Phi) is 3.07. The van der Waals surface area contributed by atoms with Crippen molar-refractivity contribution >= 4 is 15.9 Å². The van der Waals surface area contributed by atoms with Crippen LogP contribution in [0.15, 0.2) is 22.9 Å². The average molecular weight is 282 g/mol. The molecule has 0 unspecified atom stereocenters. The van der Waals surface area contributed by atoms with Gasteiger partial charge in [-0.15, -0.1) is 0 Å². The zero-order chi connectivity index (χ0) is 11.7. The molecule has 0 aliphatic carbocycles. The minimum absolute atomic E-state index is 0.0200. The van der Waals surface area contributed by atoms with Gasteiger partial charge in [0, 0.05) is 11.8 Å². The van der Waals surface area contributed by atoms with Crippen LogP contribution in [-0.2, 0) is 6.61 Å². The molecule has 5 heteroatoms. The maximum absolute atomic E-state index is 9.27. The monoisotopic (exact) mass is 281 g/mol. The first-order valence-electron chi connectivity index (χ1n) is 4.91. The fourth-order valence-electron chi connectivity index (χ4n) is 1.60. The van der Waals surface area contributed by atoms with Gasteiger partial charge in [0.15, 0.2) is 0 Å². The Morgan fingerprint density at radius 2 is 2.19 bits per heavy atom. The van der Waals surface area contributed by atoms with E-state index in [9.17, 15) is 5.11 Å². The van der Waals surface area contributed by atoms with Crippen LogP contribution in [0.3, 0.4) is 0 Å². The molecule has 0 aromatic carbocycles. The van der Waals surface area contributed by atoms with Gasteiger partial charge in [-0.05, 0) is 35.8 Å². The van der Waals surface area contributed by atoms with Crippen molar-refractivity contribution in [3.63, 3.8) is 0 Å². The van der Waals surface area contributed by atoms with Crippen molar-refractivity contribution in [2.75, 3.05) is 0 Å². The third-order valence-corrected chi connectivity index (χ3v) is 3.64. The molecule has 4 nitrogen and oxygen atoms in total. The topological polar surface area (TPSA) is 50.9 Å². The molecule has 2 aromatic rings. The Bertz CT molecular complexity index is 522. The van der Waals surface area contributed by atoms with E-state index < -0.39 is 0 Å². The molecule has 2 rings (SSSR count). The Balaban J connectivity index is 2.63. The van der Waals surface area contributed by atoms with Crippen LogP contribution in [0, 0.1) is 13.8 Å². The van der Waals surface area contributed by atoms with Crippen molar-refractivity contribution in [2.24, 2.45) is 0 Å². The normalized spacial score (nSPS) is 10.8. The molecular weight excluding hydrogens is 270 g/mol. The summed E-state index contributed by atoms with van der Waals surface area (Å²) in [6, 6.07) is 1.79. The lowest BCUT2D eigenvalue weighted by atomic mass is 10.2. The van der Waals surface area contributed by atoms with E-state index in [1.54, 1.807) is 23.1 Å². The summed E-state index contributed by atoms with van der Waals surface area (Å²) in [7, 11) is 0. The molecule has 0 aliphatic rings. The fourth-order valence-corrected chi connectivity index (χ4v) is 1.84. The second-order valence-corrected chi connectivity index (χ2v) is 4.35. The summed E-state index contributed by atoms with van der Waals surface area (Å²) in [5, 5.41) is 13.7. The van der Waals surface area contributed by atoms with Gasteiger partial charge in [-0.1, -0.05) is 0 Å². The minimum Gasteiger partial charge on any atom is -0.392 e. The Hall–Kier alpha value is -1.20. The van der Waals surface area contributed by atoms with Crippen LogP contribution in [0.1, 0.15) is 17.0 Å². The number of aryl methyl sites for hydroxylation is 1. The average Bonchev–Trinajstić information content (AvgIpc) is 2.57. The number of pyridine rings is 1. The maximum atomic E-state index is 9.27. The Morgan fingerprint density at radius 1 is 1.44 bits per heavy atom. The number of halogens is 1. The number of aliphatic hydroxyl groups excluding tert-OH is 1. The maximum Gasteiger partial charge on any atom is 0.0887 e. The molecule has 84 valence electrons. The summed E-state index contributed by atoms with van der Waals surface area (Å²) < 4.78 is 2.78. The van der Waals surface area contributed by atoms with E-state index >= 15 is 0 Å². The molecule has 0 amide bonds. The van der Waals surface area contributed by atoms with E-state index in [0.717, 1.165) is 27.1 Å². The van der Waals surface area contributed by atoms with Gasteiger partial charge in [-0.2, -0.15) is 5.10 Å². The van der Waals surface area contributed by atoms with Crippen LogP contribution < -0.4 is 0 Å². The van der Waals surface area contributed by atoms with Crippen molar-refractivity contribution in [3.8, 4) is 5.69 Å². The van der Waals surface area contributed by atoms with Crippen LogP contribution in [0.4, 0.5) is 0 Å². The Labute approximate surface area is 102 Å². The van der Waals surface area contributed by atoms with Gasteiger partial charge in [-0.25, -0.2) is 4.68 Å². The first-order valence-corrected chi connectivity index (χ1v) is 5.70. The predicted octanol–water partition coefficient (Wildman–Crippen LogP) is 2.14. The first kappa shape index (κ1) is 11.3. The largest absolute Gasteiger partial charge is 0.392 e. The second kappa shape index (κ2) is 4.35. The Morgan fingerprint density at radius 3 is 2.75 bits per heavy atom. The van der Waals surface area contributed by atoms with E-state index in [-0.39, 0.29) is 6.61 Å². The molecular formula is C11H12BrN3O. The molecule has 1 N–H and O–H groups in total. The SMILES string of the molecule is Cc1nn(-c2cnccc2CO)c(C)c1Br. The standard InChI is InChI=1S/C11H12BrN3O/c1-7-11(12)8(2)15(14-7)10-5-13-4-3-9(10)6-16/h3-5,16H,6H2,1-2H3. The third kappa shape index (κ3) is 1.76. The lowest BCUT2D eigenvalue weighted by molar-refractivity contribution is 0.281. The highest BCUT2D eigenvalue weighted by molar-refractivity contribution is 9.10. The van der Waals surface area contributed by atoms with E-state index in [4.69, 9.17) is 0 Å². The number of hydrogen-bond acceptors (Lipinski definition) is 3. The number of aromatic nitrogens is 3. The highest BCUT2D eigenvalue weighted by Crippen LogP contribution is 2.24. The quantitative estimate of drug-likeness (QED) is 0.918. The zero-order valence-electron chi connectivity index (χ0n) is 9.11. The van der Waals surface area contributed by atoms with Crippen LogP contribution in [0.5, 0.6) is 0 Å². The number of rotatable bonds is 2. The lowest BCUT2D eigenvalue weighted by Crippen LogP contribution is -2.04. The van der Waals surface area contributed by atoms with Gasteiger partial charge in [0.2, 0.25) is 0 Å². The van der Waals surface area contributed by atoms with E-state index in [1.165, 1.54) is 0 Å².